The quantitative estimate of drug-likeness (QED) is 0.702. The molecule has 0 spiro atoms. The predicted octanol–water partition coefficient (Wildman–Crippen LogP) is 4.22. The minimum Gasteiger partial charge on any atom is -0.493 e. The molecule has 3 rings (SSSR count). The average molecular weight is 330 g/mol. The van der Waals surface area contributed by atoms with Gasteiger partial charge in [-0.3, -0.25) is 4.79 Å². The molecule has 0 fully saturated rings. The van der Waals surface area contributed by atoms with Crippen molar-refractivity contribution < 1.29 is 14.6 Å². The molecule has 0 aliphatic rings. The van der Waals surface area contributed by atoms with Gasteiger partial charge in [-0.05, 0) is 30.3 Å². The summed E-state index contributed by atoms with van der Waals surface area (Å²) in [7, 11) is 0. The normalized spacial score (nSPS) is 11.2. The monoisotopic (exact) mass is 329 g/mol. The van der Waals surface area contributed by atoms with Crippen LogP contribution in [0.25, 0.3) is 10.9 Å². The summed E-state index contributed by atoms with van der Waals surface area (Å²) in [5.74, 6) is -0.176. The zero-order valence-corrected chi connectivity index (χ0v) is 12.6. The molecule has 0 bridgehead atoms. The Labute approximate surface area is 136 Å². The first-order valence-corrected chi connectivity index (χ1v) is 7.14. The van der Waals surface area contributed by atoms with Gasteiger partial charge in [-0.15, -0.1) is 10.2 Å². The van der Waals surface area contributed by atoms with Gasteiger partial charge in [0.2, 0.25) is 5.88 Å². The van der Waals surface area contributed by atoms with Crippen molar-refractivity contribution in [2.75, 3.05) is 6.61 Å². The third kappa shape index (κ3) is 3.49. The van der Waals surface area contributed by atoms with Crippen molar-refractivity contribution in [3.05, 3.63) is 53.6 Å². The molecule has 0 radical (unpaired) electrons. The number of aromatic nitrogens is 1. The molecule has 0 saturated heterocycles. The molecule has 1 heterocycles. The van der Waals surface area contributed by atoms with Crippen LogP contribution < -0.4 is 4.74 Å². The lowest BCUT2D eigenvalue weighted by atomic mass is 10.2. The van der Waals surface area contributed by atoms with Crippen molar-refractivity contribution in [3.8, 4) is 11.6 Å². The van der Waals surface area contributed by atoms with Gasteiger partial charge in [-0.25, -0.2) is 0 Å². The highest BCUT2D eigenvalue weighted by Crippen LogP contribution is 2.36. The Hall–Kier alpha value is -2.86. The van der Waals surface area contributed by atoms with E-state index in [2.05, 4.69) is 15.2 Å². The molecule has 0 unspecified atom stereocenters. The first-order valence-electron chi connectivity index (χ1n) is 6.76. The summed E-state index contributed by atoms with van der Waals surface area (Å²) >= 11 is 5.93. The van der Waals surface area contributed by atoms with Gasteiger partial charge in [0.25, 0.3) is 0 Å². The van der Waals surface area contributed by atoms with Gasteiger partial charge in [0.1, 0.15) is 5.75 Å². The number of hydrogen-bond acceptors (Lipinski definition) is 4. The molecule has 2 aromatic carbocycles. The minimum absolute atomic E-state index is 0.163. The maximum Gasteiger partial charge on any atom is 0.302 e. The molecule has 1 amide bonds. The highest BCUT2D eigenvalue weighted by molar-refractivity contribution is 6.31. The Bertz CT molecular complexity index is 875. The number of ether oxygens (including phenoxy) is 1. The van der Waals surface area contributed by atoms with Gasteiger partial charge in [-0.2, -0.15) is 0 Å². The van der Waals surface area contributed by atoms with Crippen LogP contribution in [-0.2, 0) is 4.79 Å². The van der Waals surface area contributed by atoms with Crippen molar-refractivity contribution in [3.63, 3.8) is 0 Å². The summed E-state index contributed by atoms with van der Waals surface area (Å²) < 4.78 is 5.28. The van der Waals surface area contributed by atoms with E-state index in [-0.39, 0.29) is 18.2 Å². The summed E-state index contributed by atoms with van der Waals surface area (Å²) in [6, 6.07) is 13.9. The van der Waals surface area contributed by atoms with Crippen molar-refractivity contribution in [1.29, 1.82) is 0 Å². The highest BCUT2D eigenvalue weighted by Gasteiger charge is 2.11. The van der Waals surface area contributed by atoms with E-state index in [9.17, 15) is 9.90 Å². The SMILES string of the molecule is O=C(COc1ccccc1)N=Nc1c(O)[nH]c2ccc(Cl)cc12. The minimum atomic E-state index is -0.565. The molecule has 7 heteroatoms. The van der Waals surface area contributed by atoms with Gasteiger partial charge >= 0.3 is 5.91 Å². The summed E-state index contributed by atoms with van der Waals surface area (Å²) in [5.41, 5.74) is 0.810. The van der Waals surface area contributed by atoms with Crippen LogP contribution >= 0.6 is 11.6 Å². The second-order valence-electron chi connectivity index (χ2n) is 4.71. The molecule has 3 aromatic rings. The lowest BCUT2D eigenvalue weighted by molar-refractivity contribution is -0.120. The number of nitrogens with one attached hydrogen (secondary N) is 1. The first kappa shape index (κ1) is 15.1. The van der Waals surface area contributed by atoms with Crippen LogP contribution in [0.15, 0.2) is 58.8 Å². The number of halogens is 1. The number of carbonyl (C=O) groups is 1. The molecule has 1 aromatic heterocycles. The smallest absolute Gasteiger partial charge is 0.302 e. The number of nitrogens with zero attached hydrogens (tertiary/aromatic N) is 2. The van der Waals surface area contributed by atoms with Crippen LogP contribution in [0.2, 0.25) is 5.02 Å². The number of aromatic hydroxyl groups is 1. The number of azo groups is 1. The number of H-pyrrole nitrogens is 1. The van der Waals surface area contributed by atoms with Crippen molar-refractivity contribution in [1.82, 2.24) is 4.98 Å². The summed E-state index contributed by atoms with van der Waals surface area (Å²) in [6.45, 7) is -0.239. The van der Waals surface area contributed by atoms with Crippen molar-refractivity contribution in [2.45, 2.75) is 0 Å². The number of hydrogen-bond donors (Lipinski definition) is 2. The van der Waals surface area contributed by atoms with Crippen LogP contribution in [0.3, 0.4) is 0 Å². The third-order valence-electron chi connectivity index (χ3n) is 3.08. The Balaban J connectivity index is 1.73. The number of fused-ring (bicyclic) bond motifs is 1. The molecular weight excluding hydrogens is 318 g/mol. The zero-order valence-electron chi connectivity index (χ0n) is 11.9. The summed E-state index contributed by atoms with van der Waals surface area (Å²) in [4.78, 5) is 14.5. The predicted molar refractivity (Wildman–Crippen MR) is 86.4 cm³/mol. The molecule has 116 valence electrons. The van der Waals surface area contributed by atoms with Crippen LogP contribution in [-0.4, -0.2) is 22.6 Å². The molecule has 2 N–H and O–H groups in total. The van der Waals surface area contributed by atoms with E-state index in [0.717, 1.165) is 0 Å². The van der Waals surface area contributed by atoms with E-state index in [1.807, 2.05) is 6.07 Å². The maximum atomic E-state index is 11.7. The topological polar surface area (TPSA) is 87.0 Å². The fraction of sp³-hybridized carbons (Fsp3) is 0.0625. The number of para-hydroxylation sites is 1. The molecule has 0 saturated carbocycles. The van der Waals surface area contributed by atoms with E-state index < -0.39 is 5.91 Å². The molecule has 0 aliphatic carbocycles. The fourth-order valence-electron chi connectivity index (χ4n) is 2.03. The maximum absolute atomic E-state index is 11.7. The van der Waals surface area contributed by atoms with E-state index in [4.69, 9.17) is 16.3 Å². The Morgan fingerprint density at radius 2 is 2.00 bits per heavy atom. The Morgan fingerprint density at radius 1 is 1.22 bits per heavy atom. The number of aromatic amines is 1. The lowest BCUT2D eigenvalue weighted by Gasteiger charge is -2.01. The highest BCUT2D eigenvalue weighted by atomic mass is 35.5. The van der Waals surface area contributed by atoms with Crippen molar-refractivity contribution >= 4 is 34.1 Å². The van der Waals surface area contributed by atoms with Crippen LogP contribution in [0.5, 0.6) is 11.6 Å². The summed E-state index contributed by atoms with van der Waals surface area (Å²) in [5, 5.41) is 18.3. The van der Waals surface area contributed by atoms with E-state index in [1.165, 1.54) is 0 Å². The standard InChI is InChI=1S/C16H12ClN3O3/c17-10-6-7-13-12(8-10)15(16(22)18-13)20-19-14(21)9-23-11-4-2-1-3-5-11/h1-8,18,22H,9H2. The van der Waals surface area contributed by atoms with Gasteiger partial charge < -0.3 is 14.8 Å². The van der Waals surface area contributed by atoms with E-state index >= 15 is 0 Å². The number of carbonyl (C=O) groups excluding carboxylic acids is 1. The number of rotatable bonds is 4. The molecular formula is C16H12ClN3O3. The summed E-state index contributed by atoms with van der Waals surface area (Å²) in [6.07, 6.45) is 0. The van der Waals surface area contributed by atoms with Crippen LogP contribution in [0, 0.1) is 0 Å². The van der Waals surface area contributed by atoms with Gasteiger partial charge in [-0.1, -0.05) is 29.8 Å². The van der Waals surface area contributed by atoms with Crippen molar-refractivity contribution in [2.24, 2.45) is 10.2 Å². The molecule has 6 nitrogen and oxygen atoms in total. The van der Waals surface area contributed by atoms with Crippen LogP contribution in [0.4, 0.5) is 5.69 Å². The second kappa shape index (κ2) is 6.50. The Morgan fingerprint density at radius 3 is 2.78 bits per heavy atom. The Kier molecular flexibility index (Phi) is 4.25. The van der Waals surface area contributed by atoms with E-state index in [0.29, 0.717) is 21.7 Å². The van der Waals surface area contributed by atoms with Crippen LogP contribution in [0.1, 0.15) is 0 Å². The van der Waals surface area contributed by atoms with E-state index in [1.54, 1.807) is 42.5 Å². The number of benzene rings is 2. The number of amides is 1. The molecule has 23 heavy (non-hydrogen) atoms. The molecule has 0 aliphatic heterocycles. The second-order valence-corrected chi connectivity index (χ2v) is 5.14. The van der Waals surface area contributed by atoms with Gasteiger partial charge in [0.05, 0.1) is 5.52 Å². The molecule has 0 atom stereocenters. The average Bonchev–Trinajstić information content (AvgIpc) is 2.86. The van der Waals surface area contributed by atoms with Gasteiger partial charge in [0, 0.05) is 10.4 Å². The van der Waals surface area contributed by atoms with Gasteiger partial charge in [0.15, 0.2) is 12.3 Å². The zero-order chi connectivity index (χ0) is 16.2. The first-order chi connectivity index (χ1) is 11.1. The lowest BCUT2D eigenvalue weighted by Crippen LogP contribution is -2.07. The largest absolute Gasteiger partial charge is 0.493 e. The fourth-order valence-corrected chi connectivity index (χ4v) is 2.21. The third-order valence-corrected chi connectivity index (χ3v) is 3.32.